The van der Waals surface area contributed by atoms with Crippen LogP contribution in [0.5, 0.6) is 5.75 Å². The van der Waals surface area contributed by atoms with Crippen LogP contribution in [-0.2, 0) is 0 Å². The van der Waals surface area contributed by atoms with Crippen molar-refractivity contribution in [3.63, 3.8) is 0 Å². The molecule has 0 fully saturated rings. The van der Waals surface area contributed by atoms with Crippen molar-refractivity contribution in [1.82, 2.24) is 14.7 Å². The number of nitrogens with one attached hydrogen (secondary N) is 1. The number of carbonyl (C=O) groups excluding carboxylic acids is 1. The van der Waals surface area contributed by atoms with Gasteiger partial charge in [-0.2, -0.15) is 5.10 Å². The Morgan fingerprint density at radius 1 is 0.943 bits per heavy atom. The highest BCUT2D eigenvalue weighted by atomic mass is 16.7. The highest BCUT2D eigenvalue weighted by Gasteiger charge is 2.37. The molecule has 1 atom stereocenters. The van der Waals surface area contributed by atoms with Crippen LogP contribution in [0.1, 0.15) is 22.7 Å². The minimum Gasteiger partial charge on any atom is -0.382 e. The third-order valence-electron chi connectivity index (χ3n) is 6.25. The number of rotatable bonds is 3. The fraction of sp³-hybridized carbons (Fsp3) is 0.0714. The molecule has 7 nitrogen and oxygen atoms in total. The third-order valence-corrected chi connectivity index (χ3v) is 6.25. The van der Waals surface area contributed by atoms with Crippen molar-refractivity contribution in [2.24, 2.45) is 0 Å². The van der Waals surface area contributed by atoms with Crippen molar-refractivity contribution in [1.29, 1.82) is 0 Å². The number of benzene rings is 3. The lowest BCUT2D eigenvalue weighted by molar-refractivity contribution is -0.00575. The number of hydrogen-bond acceptors (Lipinski definition) is 4. The topological polar surface area (TPSA) is 84.9 Å². The number of hydroxylamine groups is 2. The number of nitrogen functional groups attached to an aromatic ring is 1. The Morgan fingerprint density at radius 2 is 1.71 bits per heavy atom. The average Bonchev–Trinajstić information content (AvgIpc) is 3.45. The number of hydrogen-bond donors (Lipinski definition) is 2. The molecule has 1 aliphatic heterocycles. The largest absolute Gasteiger partial charge is 0.382 e. The molecule has 0 saturated carbocycles. The Balaban J connectivity index is 1.32. The van der Waals surface area contributed by atoms with Crippen molar-refractivity contribution >= 4 is 23.1 Å². The maximum absolute atomic E-state index is 13.5. The van der Waals surface area contributed by atoms with Gasteiger partial charge in [0.1, 0.15) is 11.9 Å². The zero-order chi connectivity index (χ0) is 23.9. The molecule has 1 aliphatic rings. The Hall–Kier alpha value is -4.78. The second-order valence-electron chi connectivity index (χ2n) is 8.58. The van der Waals surface area contributed by atoms with Crippen molar-refractivity contribution in [3.05, 3.63) is 114 Å². The van der Waals surface area contributed by atoms with Gasteiger partial charge in [0, 0.05) is 23.5 Å². The van der Waals surface area contributed by atoms with Crippen LogP contribution in [0.4, 0.5) is 16.3 Å². The van der Waals surface area contributed by atoms with Gasteiger partial charge in [0.15, 0.2) is 5.75 Å². The van der Waals surface area contributed by atoms with Gasteiger partial charge in [-0.15, -0.1) is 5.06 Å². The molecule has 172 valence electrons. The number of fused-ring (bicyclic) bond motifs is 2. The van der Waals surface area contributed by atoms with Crippen LogP contribution >= 0.6 is 0 Å². The van der Waals surface area contributed by atoms with E-state index in [0.717, 1.165) is 33.3 Å². The number of anilines is 2. The van der Waals surface area contributed by atoms with Crippen LogP contribution in [0.2, 0.25) is 0 Å². The van der Waals surface area contributed by atoms with Crippen LogP contribution in [0, 0.1) is 6.92 Å². The molecular formula is C28H23N5O2. The monoisotopic (exact) mass is 461 g/mol. The van der Waals surface area contributed by atoms with E-state index in [2.05, 4.69) is 10.4 Å². The van der Waals surface area contributed by atoms with E-state index in [4.69, 9.17) is 10.6 Å². The highest BCUT2D eigenvalue weighted by molar-refractivity contribution is 5.91. The maximum Gasteiger partial charge on any atom is 0.355 e. The number of aryl methyl sites for hydroxylation is 1. The third kappa shape index (κ3) is 3.73. The molecule has 0 saturated heterocycles. The molecule has 2 amide bonds. The first kappa shape index (κ1) is 20.8. The van der Waals surface area contributed by atoms with E-state index in [-0.39, 0.29) is 12.1 Å². The summed E-state index contributed by atoms with van der Waals surface area (Å²) >= 11 is 0. The molecule has 35 heavy (non-hydrogen) atoms. The molecule has 0 spiro atoms. The lowest BCUT2D eigenvalue weighted by Gasteiger charge is -2.24. The zero-order valence-electron chi connectivity index (χ0n) is 19.1. The summed E-state index contributed by atoms with van der Waals surface area (Å²) in [6, 6.07) is 28.8. The molecule has 2 aromatic heterocycles. The summed E-state index contributed by atoms with van der Waals surface area (Å²) in [4.78, 5) is 19.5. The number of para-hydroxylation sites is 1. The molecule has 3 heterocycles. The van der Waals surface area contributed by atoms with Gasteiger partial charge in [-0.05, 0) is 53.4 Å². The first-order valence-electron chi connectivity index (χ1n) is 11.3. The van der Waals surface area contributed by atoms with E-state index in [9.17, 15) is 4.79 Å². The zero-order valence-corrected chi connectivity index (χ0v) is 19.1. The molecule has 5 aromatic rings. The Labute approximate surface area is 202 Å². The van der Waals surface area contributed by atoms with Crippen LogP contribution in [0.3, 0.4) is 0 Å². The van der Waals surface area contributed by atoms with Crippen LogP contribution in [0.15, 0.2) is 97.2 Å². The molecule has 3 aromatic carbocycles. The first-order valence-corrected chi connectivity index (χ1v) is 11.3. The quantitative estimate of drug-likeness (QED) is 0.354. The lowest BCUT2D eigenvalue weighted by Crippen LogP contribution is -2.37. The van der Waals surface area contributed by atoms with Gasteiger partial charge in [-0.25, -0.2) is 9.31 Å². The number of carbonyl (C=O) groups is 1. The van der Waals surface area contributed by atoms with Crippen LogP contribution < -0.4 is 15.9 Å². The average molecular weight is 462 g/mol. The summed E-state index contributed by atoms with van der Waals surface area (Å²) in [6.45, 7) is 1.97. The fourth-order valence-electron chi connectivity index (χ4n) is 4.48. The minimum atomic E-state index is -0.342. The van der Waals surface area contributed by atoms with Crippen molar-refractivity contribution < 1.29 is 9.63 Å². The maximum atomic E-state index is 13.5. The summed E-state index contributed by atoms with van der Waals surface area (Å²) < 4.78 is 1.74. The standard InChI is InChI=1S/C28H23N5O2/c1-18-11-12-20(21-13-14-32-22(15-21)17-26(29)31-32)16-24(18)30-28(34)33-27(19-7-3-2-4-8-19)23-9-5-6-10-25(23)35-33/h2-17,27H,1H3,(H2,29,31)(H,30,34). The van der Waals surface area contributed by atoms with Crippen molar-refractivity contribution in [2.75, 3.05) is 11.1 Å². The van der Waals surface area contributed by atoms with Gasteiger partial charge in [-0.1, -0.05) is 60.7 Å². The van der Waals surface area contributed by atoms with E-state index < -0.39 is 0 Å². The van der Waals surface area contributed by atoms with Gasteiger partial charge in [-0.3, -0.25) is 0 Å². The second-order valence-corrected chi connectivity index (χ2v) is 8.58. The summed E-state index contributed by atoms with van der Waals surface area (Å²) in [5.41, 5.74) is 12.3. The predicted octanol–water partition coefficient (Wildman–Crippen LogP) is 5.82. The molecule has 0 radical (unpaired) electrons. The summed E-state index contributed by atoms with van der Waals surface area (Å²) in [7, 11) is 0. The molecule has 0 aliphatic carbocycles. The molecule has 3 N–H and O–H groups in total. The summed E-state index contributed by atoms with van der Waals surface area (Å²) in [5.74, 6) is 1.15. The number of aromatic nitrogens is 2. The number of nitrogens with two attached hydrogens (primary N) is 1. The molecule has 1 unspecified atom stereocenters. The number of pyridine rings is 1. The highest BCUT2D eigenvalue weighted by Crippen LogP contribution is 2.41. The van der Waals surface area contributed by atoms with Gasteiger partial charge in [0.25, 0.3) is 0 Å². The van der Waals surface area contributed by atoms with Gasteiger partial charge < -0.3 is 15.9 Å². The van der Waals surface area contributed by atoms with Gasteiger partial charge >= 0.3 is 6.03 Å². The van der Waals surface area contributed by atoms with E-state index in [1.165, 1.54) is 5.06 Å². The predicted molar refractivity (Wildman–Crippen MR) is 136 cm³/mol. The van der Waals surface area contributed by atoms with Gasteiger partial charge in [0.05, 0.1) is 5.52 Å². The Morgan fingerprint density at radius 3 is 2.57 bits per heavy atom. The van der Waals surface area contributed by atoms with Crippen molar-refractivity contribution in [3.8, 4) is 16.9 Å². The normalized spacial score (nSPS) is 14.5. The van der Waals surface area contributed by atoms with Crippen LogP contribution in [-0.4, -0.2) is 20.7 Å². The minimum absolute atomic E-state index is 0.339. The SMILES string of the molecule is Cc1ccc(-c2ccn3nc(N)cc3c2)cc1NC(=O)N1Oc2ccccc2C1c1ccccc1. The Bertz CT molecular complexity index is 1560. The Kier molecular flexibility index (Phi) is 4.88. The second kappa shape index (κ2) is 8.22. The molecule has 7 heteroatoms. The number of urea groups is 1. The first-order chi connectivity index (χ1) is 17.1. The fourth-order valence-corrected chi connectivity index (χ4v) is 4.48. The smallest absolute Gasteiger partial charge is 0.355 e. The van der Waals surface area contributed by atoms with Crippen LogP contribution in [0.25, 0.3) is 16.6 Å². The lowest BCUT2D eigenvalue weighted by atomic mass is 9.99. The number of nitrogens with zero attached hydrogens (tertiary/aromatic N) is 3. The van der Waals surface area contributed by atoms with E-state index in [0.29, 0.717) is 17.3 Å². The van der Waals surface area contributed by atoms with Crippen molar-refractivity contribution in [2.45, 2.75) is 13.0 Å². The molecular weight excluding hydrogens is 438 g/mol. The number of amides is 2. The van der Waals surface area contributed by atoms with E-state index in [1.807, 2.05) is 104 Å². The summed E-state index contributed by atoms with van der Waals surface area (Å²) in [6.07, 6.45) is 1.87. The van der Waals surface area contributed by atoms with E-state index in [1.54, 1.807) is 4.52 Å². The molecule has 0 bridgehead atoms. The summed E-state index contributed by atoms with van der Waals surface area (Å²) in [5, 5.41) is 8.70. The van der Waals surface area contributed by atoms with E-state index >= 15 is 0 Å². The van der Waals surface area contributed by atoms with Gasteiger partial charge in [0.2, 0.25) is 0 Å². The molecule has 6 rings (SSSR count).